The van der Waals surface area contributed by atoms with Crippen LogP contribution in [0.15, 0.2) is 35.2 Å². The lowest BCUT2D eigenvalue weighted by molar-refractivity contribution is 0.0696. The van der Waals surface area contributed by atoms with Gasteiger partial charge in [0, 0.05) is 18.5 Å². The van der Waals surface area contributed by atoms with Crippen molar-refractivity contribution in [3.63, 3.8) is 0 Å². The Morgan fingerprint density at radius 1 is 1.50 bits per heavy atom. The number of hydrogen-bond donors (Lipinski definition) is 1. The van der Waals surface area contributed by atoms with Crippen LogP contribution >= 0.6 is 11.3 Å². The normalized spacial score (nSPS) is 10.7. The van der Waals surface area contributed by atoms with Crippen molar-refractivity contribution in [1.82, 2.24) is 9.88 Å². The smallest absolute Gasteiger partial charge is 0.335 e. The summed E-state index contributed by atoms with van der Waals surface area (Å²) >= 11 is 1.58. The molecule has 0 radical (unpaired) electrons. The van der Waals surface area contributed by atoms with E-state index in [0.29, 0.717) is 12.4 Å². The molecule has 0 atom stereocenters. The molecule has 0 spiro atoms. The maximum absolute atomic E-state index is 10.8. The summed E-state index contributed by atoms with van der Waals surface area (Å²) < 4.78 is 5.56. The number of rotatable bonds is 7. The molecule has 2 rings (SSSR count). The fourth-order valence-corrected chi connectivity index (χ4v) is 2.26. The van der Waals surface area contributed by atoms with Crippen molar-refractivity contribution in [3.8, 4) is 5.75 Å². The molecule has 6 heteroatoms. The van der Waals surface area contributed by atoms with Crippen molar-refractivity contribution in [2.75, 3.05) is 20.2 Å². The van der Waals surface area contributed by atoms with Gasteiger partial charge in [-0.2, -0.15) is 0 Å². The predicted molar refractivity (Wildman–Crippen MR) is 77.3 cm³/mol. The molecule has 5 nitrogen and oxygen atoms in total. The van der Waals surface area contributed by atoms with Gasteiger partial charge in [0.1, 0.15) is 12.4 Å². The molecule has 0 unspecified atom stereocenters. The lowest BCUT2D eigenvalue weighted by Crippen LogP contribution is -2.24. The first-order valence-electron chi connectivity index (χ1n) is 6.17. The van der Waals surface area contributed by atoms with E-state index >= 15 is 0 Å². The van der Waals surface area contributed by atoms with Crippen molar-refractivity contribution in [2.24, 2.45) is 0 Å². The van der Waals surface area contributed by atoms with Crippen LogP contribution in [-0.4, -0.2) is 41.2 Å². The SMILES string of the molecule is CN(CCOc1cccc(C(=O)O)c1)Cc1cscn1. The second kappa shape index (κ2) is 7.02. The molecule has 0 aliphatic carbocycles. The predicted octanol–water partition coefficient (Wildman–Crippen LogP) is 2.35. The Kier molecular flexibility index (Phi) is 5.09. The number of carboxylic acid groups (broad SMARTS) is 1. The Morgan fingerprint density at radius 2 is 2.35 bits per heavy atom. The van der Waals surface area contributed by atoms with Crippen molar-refractivity contribution in [2.45, 2.75) is 6.54 Å². The highest BCUT2D eigenvalue weighted by molar-refractivity contribution is 7.07. The number of carbonyl (C=O) groups is 1. The summed E-state index contributed by atoms with van der Waals surface area (Å²) in [4.78, 5) is 17.2. The molecule has 0 aliphatic rings. The van der Waals surface area contributed by atoms with Crippen molar-refractivity contribution >= 4 is 17.3 Å². The number of thiazole rings is 1. The summed E-state index contributed by atoms with van der Waals surface area (Å²) in [6.07, 6.45) is 0. The second-order valence-corrected chi connectivity index (χ2v) is 5.12. The fraction of sp³-hybridized carbons (Fsp3) is 0.286. The van der Waals surface area contributed by atoms with Crippen LogP contribution in [0.2, 0.25) is 0 Å². The number of benzene rings is 1. The average Bonchev–Trinajstić information content (AvgIpc) is 2.92. The minimum absolute atomic E-state index is 0.235. The number of carboxylic acids is 1. The van der Waals surface area contributed by atoms with Gasteiger partial charge in [0.05, 0.1) is 16.8 Å². The van der Waals surface area contributed by atoms with Crippen LogP contribution in [0.1, 0.15) is 16.1 Å². The van der Waals surface area contributed by atoms with Gasteiger partial charge in [0.2, 0.25) is 0 Å². The van der Waals surface area contributed by atoms with E-state index < -0.39 is 5.97 Å². The molecule has 1 N–H and O–H groups in total. The van der Waals surface area contributed by atoms with Crippen LogP contribution in [-0.2, 0) is 6.54 Å². The first kappa shape index (κ1) is 14.5. The van der Waals surface area contributed by atoms with Gasteiger partial charge in [-0.05, 0) is 25.2 Å². The van der Waals surface area contributed by atoms with E-state index in [1.54, 1.807) is 29.5 Å². The highest BCUT2D eigenvalue weighted by Crippen LogP contribution is 2.13. The minimum Gasteiger partial charge on any atom is -0.492 e. The maximum Gasteiger partial charge on any atom is 0.335 e. The van der Waals surface area contributed by atoms with Gasteiger partial charge in [-0.3, -0.25) is 4.90 Å². The first-order valence-corrected chi connectivity index (χ1v) is 7.11. The van der Waals surface area contributed by atoms with Crippen molar-refractivity contribution < 1.29 is 14.6 Å². The molecular formula is C14H16N2O3S. The Hall–Kier alpha value is -1.92. The standard InChI is InChI=1S/C14H16N2O3S/c1-16(8-12-9-20-10-15-12)5-6-19-13-4-2-3-11(7-13)14(17)18/h2-4,7,9-10H,5-6,8H2,1H3,(H,17,18). The van der Waals surface area contributed by atoms with Crippen LogP contribution in [0, 0.1) is 0 Å². The van der Waals surface area contributed by atoms with Gasteiger partial charge in [0.15, 0.2) is 0 Å². The van der Waals surface area contributed by atoms with E-state index in [-0.39, 0.29) is 5.56 Å². The fourth-order valence-electron chi connectivity index (χ4n) is 1.71. The van der Waals surface area contributed by atoms with Crippen LogP contribution in [0.4, 0.5) is 0 Å². The van der Waals surface area contributed by atoms with Crippen LogP contribution < -0.4 is 4.74 Å². The number of ether oxygens (including phenoxy) is 1. The van der Waals surface area contributed by atoms with Gasteiger partial charge in [-0.1, -0.05) is 6.07 Å². The van der Waals surface area contributed by atoms with Gasteiger partial charge in [0.25, 0.3) is 0 Å². The second-order valence-electron chi connectivity index (χ2n) is 4.40. The number of nitrogens with zero attached hydrogens (tertiary/aromatic N) is 2. The van der Waals surface area contributed by atoms with Gasteiger partial charge < -0.3 is 9.84 Å². The van der Waals surface area contributed by atoms with E-state index in [2.05, 4.69) is 9.88 Å². The van der Waals surface area contributed by atoms with Crippen LogP contribution in [0.25, 0.3) is 0 Å². The number of aromatic carboxylic acids is 1. The molecule has 0 bridgehead atoms. The lowest BCUT2D eigenvalue weighted by atomic mass is 10.2. The molecule has 0 fully saturated rings. The molecule has 0 saturated carbocycles. The molecule has 1 heterocycles. The average molecular weight is 292 g/mol. The molecule has 106 valence electrons. The maximum atomic E-state index is 10.8. The Morgan fingerprint density at radius 3 is 3.05 bits per heavy atom. The summed E-state index contributed by atoms with van der Waals surface area (Å²) in [7, 11) is 2.00. The highest BCUT2D eigenvalue weighted by atomic mass is 32.1. The summed E-state index contributed by atoms with van der Waals surface area (Å²) in [5, 5.41) is 10.9. The first-order chi connectivity index (χ1) is 9.65. The quantitative estimate of drug-likeness (QED) is 0.848. The highest BCUT2D eigenvalue weighted by Gasteiger charge is 2.05. The monoisotopic (exact) mass is 292 g/mol. The third kappa shape index (κ3) is 4.32. The van der Waals surface area contributed by atoms with Crippen molar-refractivity contribution in [1.29, 1.82) is 0 Å². The van der Waals surface area contributed by atoms with Crippen LogP contribution in [0.5, 0.6) is 5.75 Å². The third-order valence-electron chi connectivity index (χ3n) is 2.74. The Bertz CT molecular complexity index is 557. The number of likely N-dealkylation sites (N-methyl/N-ethyl adjacent to an activating group) is 1. The minimum atomic E-state index is -0.948. The number of hydrogen-bond acceptors (Lipinski definition) is 5. The molecule has 20 heavy (non-hydrogen) atoms. The topological polar surface area (TPSA) is 62.7 Å². The zero-order chi connectivity index (χ0) is 14.4. The Labute approximate surface area is 121 Å². The van der Waals surface area contributed by atoms with E-state index in [1.807, 2.05) is 17.9 Å². The molecule has 1 aromatic carbocycles. The largest absolute Gasteiger partial charge is 0.492 e. The van der Waals surface area contributed by atoms with Crippen molar-refractivity contribution in [3.05, 3.63) is 46.4 Å². The van der Waals surface area contributed by atoms with E-state index in [0.717, 1.165) is 18.8 Å². The van der Waals surface area contributed by atoms with E-state index in [1.165, 1.54) is 6.07 Å². The third-order valence-corrected chi connectivity index (χ3v) is 3.37. The number of aromatic nitrogens is 1. The summed E-state index contributed by atoms with van der Waals surface area (Å²) in [6.45, 7) is 2.03. The molecule has 2 aromatic rings. The Balaban J connectivity index is 1.78. The molecule has 0 aliphatic heterocycles. The van der Waals surface area contributed by atoms with E-state index in [9.17, 15) is 4.79 Å². The zero-order valence-corrected chi connectivity index (χ0v) is 12.0. The molecule has 0 amide bonds. The molecular weight excluding hydrogens is 276 g/mol. The summed E-state index contributed by atoms with van der Waals surface area (Å²) in [5.74, 6) is -0.372. The van der Waals surface area contributed by atoms with Gasteiger partial charge >= 0.3 is 5.97 Å². The van der Waals surface area contributed by atoms with Crippen LogP contribution in [0.3, 0.4) is 0 Å². The zero-order valence-electron chi connectivity index (χ0n) is 11.2. The molecule has 1 aromatic heterocycles. The molecule has 0 saturated heterocycles. The van der Waals surface area contributed by atoms with E-state index in [4.69, 9.17) is 9.84 Å². The summed E-state index contributed by atoms with van der Waals surface area (Å²) in [6, 6.07) is 6.51. The van der Waals surface area contributed by atoms with Gasteiger partial charge in [-0.15, -0.1) is 11.3 Å². The summed E-state index contributed by atoms with van der Waals surface area (Å²) in [5.41, 5.74) is 3.10. The van der Waals surface area contributed by atoms with Gasteiger partial charge in [-0.25, -0.2) is 9.78 Å². The lowest BCUT2D eigenvalue weighted by Gasteiger charge is -2.15.